The molecule has 2 aromatic carbocycles. The maximum Gasteiger partial charge on any atom is 0.261 e. The van der Waals surface area contributed by atoms with Crippen molar-refractivity contribution in [1.82, 2.24) is 0 Å². The Morgan fingerprint density at radius 3 is 2.76 bits per heavy atom. The number of hydrogen-bond acceptors (Lipinski definition) is 3. The second-order valence-electron chi connectivity index (χ2n) is 5.08. The lowest BCUT2D eigenvalue weighted by Crippen LogP contribution is -2.13. The second-order valence-corrected chi connectivity index (χ2v) is 7.17. The third-order valence-electron chi connectivity index (χ3n) is 3.47. The van der Waals surface area contributed by atoms with E-state index in [0.29, 0.717) is 10.7 Å². The number of aryl methyl sites for hydroxylation is 1. The van der Waals surface area contributed by atoms with Crippen LogP contribution in [0.2, 0.25) is 5.02 Å². The fourth-order valence-corrected chi connectivity index (χ4v) is 3.82. The Balaban J connectivity index is 1.93. The lowest BCUT2D eigenvalue weighted by molar-refractivity contribution is 0.601. The summed E-state index contributed by atoms with van der Waals surface area (Å²) in [5, 5.41) is 3.60. The predicted molar refractivity (Wildman–Crippen MR) is 85.6 cm³/mol. The molecule has 1 aliphatic rings. The summed E-state index contributed by atoms with van der Waals surface area (Å²) in [6.45, 7) is 2.74. The van der Waals surface area contributed by atoms with Gasteiger partial charge in [-0.1, -0.05) is 17.7 Å². The molecule has 1 heterocycles. The summed E-state index contributed by atoms with van der Waals surface area (Å²) in [6.07, 6.45) is 0.837. The highest BCUT2D eigenvalue weighted by atomic mass is 35.5. The zero-order chi connectivity index (χ0) is 15.0. The van der Waals surface area contributed by atoms with Crippen molar-refractivity contribution in [3.8, 4) is 0 Å². The molecule has 2 N–H and O–H groups in total. The maximum absolute atomic E-state index is 12.4. The summed E-state index contributed by atoms with van der Waals surface area (Å²) in [7, 11) is -3.63. The monoisotopic (exact) mass is 322 g/mol. The SMILES string of the molecule is Cc1ccc(NS(=O)(=O)c2ccc3c(c2)CCN3)c(Cl)c1. The molecular formula is C15H15ClN2O2S. The molecule has 6 heteroatoms. The largest absolute Gasteiger partial charge is 0.384 e. The Morgan fingerprint density at radius 2 is 2.00 bits per heavy atom. The number of sulfonamides is 1. The van der Waals surface area contributed by atoms with Gasteiger partial charge in [0.15, 0.2) is 0 Å². The zero-order valence-corrected chi connectivity index (χ0v) is 13.1. The number of rotatable bonds is 3. The van der Waals surface area contributed by atoms with E-state index in [1.165, 1.54) is 0 Å². The van der Waals surface area contributed by atoms with Crippen LogP contribution in [0.1, 0.15) is 11.1 Å². The van der Waals surface area contributed by atoms with Crippen molar-refractivity contribution >= 4 is 33.0 Å². The molecule has 4 nitrogen and oxygen atoms in total. The van der Waals surface area contributed by atoms with Crippen LogP contribution in [0.25, 0.3) is 0 Å². The van der Waals surface area contributed by atoms with E-state index in [2.05, 4.69) is 10.0 Å². The van der Waals surface area contributed by atoms with Crippen molar-refractivity contribution in [2.24, 2.45) is 0 Å². The van der Waals surface area contributed by atoms with Gasteiger partial charge < -0.3 is 5.32 Å². The first-order chi connectivity index (χ1) is 9.95. The summed E-state index contributed by atoms with van der Waals surface area (Å²) in [5.41, 5.74) is 3.39. The number of fused-ring (bicyclic) bond motifs is 1. The van der Waals surface area contributed by atoms with Gasteiger partial charge in [-0.2, -0.15) is 0 Å². The Kier molecular flexibility index (Phi) is 3.55. The van der Waals surface area contributed by atoms with E-state index < -0.39 is 10.0 Å². The van der Waals surface area contributed by atoms with Crippen LogP contribution in [-0.4, -0.2) is 15.0 Å². The molecule has 110 valence electrons. The van der Waals surface area contributed by atoms with Crippen LogP contribution in [0.3, 0.4) is 0 Å². The first-order valence-electron chi connectivity index (χ1n) is 6.61. The maximum atomic E-state index is 12.4. The average molecular weight is 323 g/mol. The van der Waals surface area contributed by atoms with Gasteiger partial charge in [-0.3, -0.25) is 4.72 Å². The fraction of sp³-hybridized carbons (Fsp3) is 0.200. The molecule has 0 aliphatic carbocycles. The van der Waals surface area contributed by atoms with E-state index in [1.807, 2.05) is 13.0 Å². The topological polar surface area (TPSA) is 58.2 Å². The lowest BCUT2D eigenvalue weighted by Gasteiger charge is -2.11. The number of hydrogen-bond donors (Lipinski definition) is 2. The van der Waals surface area contributed by atoms with Gasteiger partial charge in [0, 0.05) is 12.2 Å². The molecule has 0 unspecified atom stereocenters. The van der Waals surface area contributed by atoms with Crippen LogP contribution in [0.5, 0.6) is 0 Å². The molecule has 0 atom stereocenters. The van der Waals surface area contributed by atoms with Gasteiger partial charge in [-0.15, -0.1) is 0 Å². The van der Waals surface area contributed by atoms with E-state index in [0.717, 1.165) is 29.8 Å². The standard InChI is InChI=1S/C15H15ClN2O2S/c1-10-2-4-15(13(16)8-10)18-21(19,20)12-3-5-14-11(9-12)6-7-17-14/h2-5,8-9,17-18H,6-7H2,1H3. The Labute approximate surface area is 129 Å². The van der Waals surface area contributed by atoms with Crippen LogP contribution in [-0.2, 0) is 16.4 Å². The molecule has 0 spiro atoms. The summed E-state index contributed by atoms with van der Waals surface area (Å²) in [4.78, 5) is 0.251. The lowest BCUT2D eigenvalue weighted by atomic mass is 10.2. The summed E-state index contributed by atoms with van der Waals surface area (Å²) >= 11 is 6.08. The van der Waals surface area contributed by atoms with Crippen LogP contribution < -0.4 is 10.0 Å². The van der Waals surface area contributed by atoms with Gasteiger partial charge >= 0.3 is 0 Å². The summed E-state index contributed by atoms with van der Waals surface area (Å²) < 4.78 is 27.4. The summed E-state index contributed by atoms with van der Waals surface area (Å²) in [5.74, 6) is 0. The zero-order valence-electron chi connectivity index (χ0n) is 11.5. The molecule has 2 aromatic rings. The number of halogens is 1. The van der Waals surface area contributed by atoms with Gasteiger partial charge in [-0.25, -0.2) is 8.42 Å². The molecule has 0 saturated carbocycles. The third kappa shape index (κ3) is 2.84. The fourth-order valence-electron chi connectivity index (χ4n) is 2.35. The van der Waals surface area contributed by atoms with E-state index >= 15 is 0 Å². The highest BCUT2D eigenvalue weighted by Gasteiger charge is 2.19. The summed E-state index contributed by atoms with van der Waals surface area (Å²) in [6, 6.07) is 10.3. The average Bonchev–Trinajstić information content (AvgIpc) is 2.89. The molecule has 0 saturated heterocycles. The molecule has 0 aromatic heterocycles. The van der Waals surface area contributed by atoms with Crippen molar-refractivity contribution in [2.45, 2.75) is 18.2 Å². The van der Waals surface area contributed by atoms with E-state index in [9.17, 15) is 8.42 Å². The van der Waals surface area contributed by atoms with Crippen molar-refractivity contribution in [3.05, 3.63) is 52.5 Å². The van der Waals surface area contributed by atoms with E-state index in [-0.39, 0.29) is 4.90 Å². The normalized spacial score (nSPS) is 13.6. The van der Waals surface area contributed by atoms with Crippen molar-refractivity contribution in [3.63, 3.8) is 0 Å². The highest BCUT2D eigenvalue weighted by molar-refractivity contribution is 7.92. The first-order valence-corrected chi connectivity index (χ1v) is 8.47. The smallest absolute Gasteiger partial charge is 0.261 e. The molecule has 3 rings (SSSR count). The Bertz CT molecular complexity index is 803. The first kappa shape index (κ1) is 14.2. The second kappa shape index (κ2) is 5.24. The van der Waals surface area contributed by atoms with Crippen molar-refractivity contribution < 1.29 is 8.42 Å². The molecule has 0 bridgehead atoms. The minimum atomic E-state index is -3.63. The van der Waals surface area contributed by atoms with Gasteiger partial charge in [0.2, 0.25) is 0 Å². The molecule has 21 heavy (non-hydrogen) atoms. The molecule has 0 amide bonds. The quantitative estimate of drug-likeness (QED) is 0.910. The van der Waals surface area contributed by atoms with Crippen LogP contribution in [0, 0.1) is 6.92 Å². The van der Waals surface area contributed by atoms with Crippen LogP contribution in [0.15, 0.2) is 41.3 Å². The van der Waals surface area contributed by atoms with E-state index in [1.54, 1.807) is 30.3 Å². The van der Waals surface area contributed by atoms with Gasteiger partial charge in [0.05, 0.1) is 15.6 Å². The predicted octanol–water partition coefficient (Wildman–Crippen LogP) is 3.42. The highest BCUT2D eigenvalue weighted by Crippen LogP contribution is 2.28. The van der Waals surface area contributed by atoms with Gasteiger partial charge in [-0.05, 0) is 54.8 Å². The number of benzene rings is 2. The third-order valence-corrected chi connectivity index (χ3v) is 5.14. The van der Waals surface area contributed by atoms with Crippen LogP contribution >= 0.6 is 11.6 Å². The van der Waals surface area contributed by atoms with Gasteiger partial charge in [0.25, 0.3) is 10.0 Å². The Morgan fingerprint density at radius 1 is 1.19 bits per heavy atom. The number of nitrogens with one attached hydrogen (secondary N) is 2. The molecule has 0 radical (unpaired) electrons. The van der Waals surface area contributed by atoms with Crippen molar-refractivity contribution in [1.29, 1.82) is 0 Å². The molecule has 1 aliphatic heterocycles. The number of anilines is 2. The minimum Gasteiger partial charge on any atom is -0.384 e. The Hall–Kier alpha value is -1.72. The van der Waals surface area contributed by atoms with E-state index in [4.69, 9.17) is 11.6 Å². The van der Waals surface area contributed by atoms with Gasteiger partial charge in [0.1, 0.15) is 0 Å². The molecular weight excluding hydrogens is 308 g/mol. The van der Waals surface area contributed by atoms with Crippen molar-refractivity contribution in [2.75, 3.05) is 16.6 Å². The van der Waals surface area contributed by atoms with Crippen LogP contribution in [0.4, 0.5) is 11.4 Å². The minimum absolute atomic E-state index is 0.251. The molecule has 0 fully saturated rings.